The Bertz CT molecular complexity index is 657. The van der Waals surface area contributed by atoms with Crippen LogP contribution in [0.3, 0.4) is 0 Å². The third-order valence-electron chi connectivity index (χ3n) is 3.40. The van der Waals surface area contributed by atoms with E-state index >= 15 is 0 Å². The smallest absolute Gasteiger partial charge is 0.253 e. The molecule has 2 N–H and O–H groups in total. The Morgan fingerprint density at radius 1 is 1.45 bits per heavy atom. The van der Waals surface area contributed by atoms with E-state index in [4.69, 9.17) is 4.74 Å². The number of sulfonamides is 1. The molecule has 1 fully saturated rings. The first-order chi connectivity index (χ1) is 10.3. The van der Waals surface area contributed by atoms with Gasteiger partial charge in [0.1, 0.15) is 5.82 Å². The van der Waals surface area contributed by atoms with E-state index in [1.54, 1.807) is 6.92 Å². The molecule has 8 heteroatoms. The van der Waals surface area contributed by atoms with Gasteiger partial charge >= 0.3 is 0 Å². The molecule has 122 valence electrons. The lowest BCUT2D eigenvalue weighted by Crippen LogP contribution is -2.41. The van der Waals surface area contributed by atoms with Gasteiger partial charge in [0.05, 0.1) is 29.7 Å². The molecule has 0 radical (unpaired) electrons. The molecule has 0 unspecified atom stereocenters. The average Bonchev–Trinajstić information content (AvgIpc) is 2.93. The van der Waals surface area contributed by atoms with Gasteiger partial charge in [-0.25, -0.2) is 12.8 Å². The van der Waals surface area contributed by atoms with Gasteiger partial charge in [-0.2, -0.15) is 0 Å². The molecule has 0 aromatic heterocycles. The molecule has 0 spiro atoms. The van der Waals surface area contributed by atoms with Gasteiger partial charge in [-0.15, -0.1) is 0 Å². The SMILES string of the molecule is C[C@H](NC(=O)c1cc(F)ccc1NS(C)(=O)=O)[C@H]1CCCO1. The van der Waals surface area contributed by atoms with Crippen molar-refractivity contribution in [3.05, 3.63) is 29.6 Å². The number of carbonyl (C=O) groups excluding carboxylic acids is 1. The number of benzene rings is 1. The van der Waals surface area contributed by atoms with Crippen LogP contribution in [0.15, 0.2) is 18.2 Å². The first-order valence-corrected chi connectivity index (χ1v) is 8.85. The number of carbonyl (C=O) groups is 1. The summed E-state index contributed by atoms with van der Waals surface area (Å²) in [5, 5.41) is 2.73. The van der Waals surface area contributed by atoms with E-state index in [0.717, 1.165) is 31.2 Å². The highest BCUT2D eigenvalue weighted by molar-refractivity contribution is 7.92. The Kier molecular flexibility index (Phi) is 5.02. The van der Waals surface area contributed by atoms with Gasteiger partial charge in [-0.3, -0.25) is 9.52 Å². The minimum atomic E-state index is -3.57. The van der Waals surface area contributed by atoms with Gasteiger partial charge in [-0.05, 0) is 38.0 Å². The van der Waals surface area contributed by atoms with Crippen LogP contribution in [0.5, 0.6) is 0 Å². The van der Waals surface area contributed by atoms with E-state index in [9.17, 15) is 17.6 Å². The van der Waals surface area contributed by atoms with Crippen LogP contribution in [0.25, 0.3) is 0 Å². The van der Waals surface area contributed by atoms with E-state index in [1.165, 1.54) is 6.07 Å². The van der Waals surface area contributed by atoms with Crippen LogP contribution in [0.4, 0.5) is 10.1 Å². The second-order valence-electron chi connectivity index (χ2n) is 5.38. The third-order valence-corrected chi connectivity index (χ3v) is 3.99. The predicted molar refractivity (Wildman–Crippen MR) is 80.8 cm³/mol. The summed E-state index contributed by atoms with van der Waals surface area (Å²) in [4.78, 5) is 12.3. The normalized spacial score (nSPS) is 19.7. The molecule has 2 rings (SSSR count). The van der Waals surface area contributed by atoms with Gasteiger partial charge in [0.15, 0.2) is 0 Å². The second-order valence-corrected chi connectivity index (χ2v) is 7.13. The summed E-state index contributed by atoms with van der Waals surface area (Å²) in [5.41, 5.74) is -0.0174. The molecule has 6 nitrogen and oxygen atoms in total. The monoisotopic (exact) mass is 330 g/mol. The van der Waals surface area contributed by atoms with E-state index < -0.39 is 21.7 Å². The Balaban J connectivity index is 2.18. The number of rotatable bonds is 5. The first-order valence-electron chi connectivity index (χ1n) is 6.96. The topological polar surface area (TPSA) is 84.5 Å². The highest BCUT2D eigenvalue weighted by atomic mass is 32.2. The van der Waals surface area contributed by atoms with Crippen LogP contribution in [0, 0.1) is 5.82 Å². The standard InChI is InChI=1S/C14H19FN2O4S/c1-9(13-4-3-7-21-13)16-14(18)11-8-10(15)5-6-12(11)17-22(2,19)20/h5-6,8-9,13,17H,3-4,7H2,1-2H3,(H,16,18)/t9-,13+/m0/s1. The fourth-order valence-corrected chi connectivity index (χ4v) is 2.94. The maximum Gasteiger partial charge on any atom is 0.253 e. The lowest BCUT2D eigenvalue weighted by atomic mass is 10.1. The predicted octanol–water partition coefficient (Wildman–Crippen LogP) is 1.49. The zero-order chi connectivity index (χ0) is 16.3. The molecule has 1 saturated heterocycles. The van der Waals surface area contributed by atoms with E-state index in [-0.39, 0.29) is 23.4 Å². The van der Waals surface area contributed by atoms with Gasteiger partial charge in [0.25, 0.3) is 5.91 Å². The maximum atomic E-state index is 13.4. The van der Waals surface area contributed by atoms with Crippen LogP contribution < -0.4 is 10.0 Å². The summed E-state index contributed by atoms with van der Waals surface area (Å²) in [6.07, 6.45) is 2.67. The van der Waals surface area contributed by atoms with Gasteiger partial charge in [-0.1, -0.05) is 0 Å². The Hall–Kier alpha value is -1.67. The van der Waals surface area contributed by atoms with E-state index in [0.29, 0.717) is 6.61 Å². The summed E-state index contributed by atoms with van der Waals surface area (Å²) in [6, 6.07) is 3.07. The fourth-order valence-electron chi connectivity index (χ4n) is 2.37. The molecule has 0 saturated carbocycles. The molecule has 1 heterocycles. The number of halogens is 1. The molecule has 22 heavy (non-hydrogen) atoms. The number of ether oxygens (including phenoxy) is 1. The minimum Gasteiger partial charge on any atom is -0.376 e. The maximum absolute atomic E-state index is 13.4. The number of amides is 1. The average molecular weight is 330 g/mol. The summed E-state index contributed by atoms with van der Waals surface area (Å²) in [5.74, 6) is -1.16. The zero-order valence-electron chi connectivity index (χ0n) is 12.4. The Morgan fingerprint density at radius 2 is 2.18 bits per heavy atom. The lowest BCUT2D eigenvalue weighted by molar-refractivity contribution is 0.0712. The Labute approximate surface area is 129 Å². The molecular weight excluding hydrogens is 311 g/mol. The van der Waals surface area contributed by atoms with Gasteiger partial charge in [0.2, 0.25) is 10.0 Å². The molecule has 0 aliphatic carbocycles. The summed E-state index contributed by atoms with van der Waals surface area (Å²) >= 11 is 0. The van der Waals surface area contributed by atoms with Crippen molar-refractivity contribution in [3.63, 3.8) is 0 Å². The number of hydrogen-bond acceptors (Lipinski definition) is 4. The minimum absolute atomic E-state index is 0.0425. The van der Waals surface area contributed by atoms with Crippen molar-refractivity contribution in [1.29, 1.82) is 0 Å². The van der Waals surface area contributed by atoms with Crippen LogP contribution >= 0.6 is 0 Å². The molecule has 1 aromatic carbocycles. The summed E-state index contributed by atoms with van der Waals surface area (Å²) < 4.78 is 43.8. The Morgan fingerprint density at radius 3 is 2.77 bits per heavy atom. The third kappa shape index (κ3) is 4.41. The number of anilines is 1. The number of hydrogen-bond donors (Lipinski definition) is 2. The van der Waals surface area contributed by atoms with E-state index in [1.807, 2.05) is 0 Å². The fraction of sp³-hybridized carbons (Fsp3) is 0.500. The highest BCUT2D eigenvalue weighted by Gasteiger charge is 2.25. The van der Waals surface area contributed by atoms with Crippen molar-refractivity contribution in [3.8, 4) is 0 Å². The zero-order valence-corrected chi connectivity index (χ0v) is 13.2. The summed E-state index contributed by atoms with van der Waals surface area (Å²) in [7, 11) is -3.57. The quantitative estimate of drug-likeness (QED) is 0.857. The van der Waals surface area contributed by atoms with Crippen molar-refractivity contribution < 1.29 is 22.3 Å². The van der Waals surface area contributed by atoms with Crippen LogP contribution in [-0.4, -0.2) is 39.3 Å². The van der Waals surface area contributed by atoms with Crippen molar-refractivity contribution in [2.45, 2.75) is 31.9 Å². The molecular formula is C14H19FN2O4S. The van der Waals surface area contributed by atoms with Crippen molar-refractivity contribution in [2.75, 3.05) is 17.6 Å². The van der Waals surface area contributed by atoms with Crippen molar-refractivity contribution >= 4 is 21.6 Å². The highest BCUT2D eigenvalue weighted by Crippen LogP contribution is 2.20. The molecule has 1 amide bonds. The van der Waals surface area contributed by atoms with Crippen LogP contribution in [0.2, 0.25) is 0 Å². The van der Waals surface area contributed by atoms with E-state index in [2.05, 4.69) is 10.0 Å². The molecule has 1 aliphatic rings. The second kappa shape index (κ2) is 6.62. The summed E-state index contributed by atoms with van der Waals surface area (Å²) in [6.45, 7) is 2.46. The van der Waals surface area contributed by atoms with Crippen molar-refractivity contribution in [2.24, 2.45) is 0 Å². The molecule has 2 atom stereocenters. The van der Waals surface area contributed by atoms with Crippen LogP contribution in [-0.2, 0) is 14.8 Å². The lowest BCUT2D eigenvalue weighted by Gasteiger charge is -2.21. The molecule has 1 aliphatic heterocycles. The molecule has 0 bridgehead atoms. The van der Waals surface area contributed by atoms with Crippen LogP contribution in [0.1, 0.15) is 30.1 Å². The number of nitrogens with one attached hydrogen (secondary N) is 2. The van der Waals surface area contributed by atoms with Crippen molar-refractivity contribution in [1.82, 2.24) is 5.32 Å². The molecule has 1 aromatic rings. The first kappa shape index (κ1) is 16.7. The largest absolute Gasteiger partial charge is 0.376 e. The van der Waals surface area contributed by atoms with Gasteiger partial charge in [0, 0.05) is 6.61 Å². The van der Waals surface area contributed by atoms with Gasteiger partial charge < -0.3 is 10.1 Å².